The van der Waals surface area contributed by atoms with Gasteiger partial charge in [-0.05, 0) is 30.1 Å². The molecule has 0 aliphatic heterocycles. The number of hydrogen-bond donors (Lipinski definition) is 2. The van der Waals surface area contributed by atoms with Gasteiger partial charge >= 0.3 is 0 Å². The van der Waals surface area contributed by atoms with Gasteiger partial charge in [-0.1, -0.05) is 0 Å². The molecule has 2 aromatic heterocycles. The summed E-state index contributed by atoms with van der Waals surface area (Å²) in [5, 5.41) is 8.22. The molecule has 0 saturated heterocycles. The average molecular weight is 269 g/mol. The summed E-state index contributed by atoms with van der Waals surface area (Å²) in [4.78, 5) is 1.81. The molecule has 2 rings (SSSR count). The smallest absolute Gasteiger partial charge is 0.175 e. The number of thiocarbonyl (C=S) groups is 1. The lowest BCUT2D eigenvalue weighted by Gasteiger charge is -2.22. The maximum absolute atomic E-state index is 5.89. The number of aryl methyl sites for hydroxylation is 1. The van der Waals surface area contributed by atoms with Crippen molar-refractivity contribution in [3.63, 3.8) is 0 Å². The summed E-state index contributed by atoms with van der Waals surface area (Å²) in [6.07, 6.45) is 0. The third kappa shape index (κ3) is 1.91. The third-order valence-electron chi connectivity index (χ3n) is 2.20. The number of hydrogen-bond acceptors (Lipinski definition) is 4. The van der Waals surface area contributed by atoms with Crippen LogP contribution in [0.25, 0.3) is 0 Å². The number of thiophene rings is 2. The Kier molecular flexibility index (Phi) is 3.13. The monoisotopic (exact) mass is 269 g/mol. The summed E-state index contributed by atoms with van der Waals surface area (Å²) in [6.45, 7) is 2.03. The normalized spacial score (nSPS) is 10.3. The maximum atomic E-state index is 5.89. The van der Waals surface area contributed by atoms with Crippen LogP contribution in [0.5, 0.6) is 0 Å². The molecule has 3 nitrogen and oxygen atoms in total. The van der Waals surface area contributed by atoms with E-state index >= 15 is 0 Å². The molecule has 0 bridgehead atoms. The standard InChI is InChI=1S/C10H11N3S3/c1-6-2-15-4-8(6)13(10(12)14)9-5-16-3-7(9)11/h2-5H,11H2,1H3,(H2,12,14). The molecule has 0 unspecified atom stereocenters. The van der Waals surface area contributed by atoms with Gasteiger partial charge < -0.3 is 11.5 Å². The summed E-state index contributed by atoms with van der Waals surface area (Å²) >= 11 is 8.25. The Balaban J connectivity index is 2.52. The highest BCUT2D eigenvalue weighted by molar-refractivity contribution is 7.80. The fourth-order valence-electron chi connectivity index (χ4n) is 1.43. The molecule has 6 heteroatoms. The molecule has 84 valence electrons. The quantitative estimate of drug-likeness (QED) is 0.823. The van der Waals surface area contributed by atoms with Crippen molar-refractivity contribution in [2.24, 2.45) is 5.73 Å². The zero-order valence-corrected chi connectivity index (χ0v) is 11.1. The van der Waals surface area contributed by atoms with Crippen molar-refractivity contribution in [1.29, 1.82) is 0 Å². The van der Waals surface area contributed by atoms with Gasteiger partial charge in [0.25, 0.3) is 0 Å². The first kappa shape index (κ1) is 11.4. The second kappa shape index (κ2) is 4.40. The van der Waals surface area contributed by atoms with E-state index in [1.54, 1.807) is 11.3 Å². The minimum Gasteiger partial charge on any atom is -0.396 e. The predicted molar refractivity (Wildman–Crippen MR) is 76.7 cm³/mol. The van der Waals surface area contributed by atoms with Crippen molar-refractivity contribution in [1.82, 2.24) is 0 Å². The highest BCUT2D eigenvalue weighted by Gasteiger charge is 2.17. The molecular formula is C10H11N3S3. The lowest BCUT2D eigenvalue weighted by molar-refractivity contribution is 1.34. The van der Waals surface area contributed by atoms with Crippen LogP contribution in [0.15, 0.2) is 21.5 Å². The maximum Gasteiger partial charge on any atom is 0.175 e. The van der Waals surface area contributed by atoms with Crippen LogP contribution in [-0.2, 0) is 0 Å². The number of rotatable bonds is 2. The van der Waals surface area contributed by atoms with E-state index in [1.807, 2.05) is 28.0 Å². The van der Waals surface area contributed by atoms with Crippen LogP contribution in [0.3, 0.4) is 0 Å². The molecule has 0 aliphatic rings. The Bertz CT molecular complexity index is 475. The second-order valence-electron chi connectivity index (χ2n) is 3.33. The minimum absolute atomic E-state index is 0.312. The van der Waals surface area contributed by atoms with E-state index in [9.17, 15) is 0 Å². The minimum atomic E-state index is 0.312. The van der Waals surface area contributed by atoms with Crippen LogP contribution >= 0.6 is 34.9 Å². The Morgan fingerprint density at radius 2 is 1.81 bits per heavy atom. The van der Waals surface area contributed by atoms with E-state index < -0.39 is 0 Å². The first-order valence-corrected chi connectivity index (χ1v) is 6.84. The van der Waals surface area contributed by atoms with Crippen molar-refractivity contribution >= 4 is 57.1 Å². The Morgan fingerprint density at radius 1 is 1.19 bits per heavy atom. The van der Waals surface area contributed by atoms with Crippen molar-refractivity contribution in [3.8, 4) is 0 Å². The van der Waals surface area contributed by atoms with Crippen LogP contribution < -0.4 is 16.4 Å². The summed E-state index contributed by atoms with van der Waals surface area (Å²) in [5.74, 6) is 0. The molecule has 4 N–H and O–H groups in total. The van der Waals surface area contributed by atoms with E-state index in [1.165, 1.54) is 11.3 Å². The fourth-order valence-corrected chi connectivity index (χ4v) is 3.15. The zero-order valence-electron chi connectivity index (χ0n) is 8.64. The SMILES string of the molecule is Cc1cscc1N(C(N)=S)c1cscc1N. The van der Waals surface area contributed by atoms with Crippen molar-refractivity contribution in [2.75, 3.05) is 10.6 Å². The van der Waals surface area contributed by atoms with Gasteiger partial charge in [0.2, 0.25) is 0 Å². The number of anilines is 3. The number of nitrogen functional groups attached to an aromatic ring is 1. The average Bonchev–Trinajstić information content (AvgIpc) is 2.79. The van der Waals surface area contributed by atoms with Gasteiger partial charge in [0.1, 0.15) is 0 Å². The van der Waals surface area contributed by atoms with E-state index in [0.717, 1.165) is 16.9 Å². The summed E-state index contributed by atoms with van der Waals surface area (Å²) in [7, 11) is 0. The lowest BCUT2D eigenvalue weighted by atomic mass is 10.3. The molecule has 0 amide bonds. The highest BCUT2D eigenvalue weighted by atomic mass is 32.1. The molecule has 0 aromatic carbocycles. The Hall–Kier alpha value is -1.11. The molecule has 0 radical (unpaired) electrons. The highest BCUT2D eigenvalue weighted by Crippen LogP contribution is 2.36. The van der Waals surface area contributed by atoms with Crippen molar-refractivity contribution in [3.05, 3.63) is 27.1 Å². The second-order valence-corrected chi connectivity index (χ2v) is 5.23. The van der Waals surface area contributed by atoms with E-state index in [-0.39, 0.29) is 0 Å². The van der Waals surface area contributed by atoms with Gasteiger partial charge in [-0.3, -0.25) is 4.90 Å². The van der Waals surface area contributed by atoms with Gasteiger partial charge in [-0.15, -0.1) is 22.7 Å². The molecule has 0 fully saturated rings. The molecule has 0 atom stereocenters. The molecule has 2 aromatic rings. The first-order valence-electron chi connectivity index (χ1n) is 4.55. The molecular weight excluding hydrogens is 258 g/mol. The summed E-state index contributed by atoms with van der Waals surface area (Å²) < 4.78 is 0. The van der Waals surface area contributed by atoms with Crippen LogP contribution in [-0.4, -0.2) is 5.11 Å². The number of nitrogens with two attached hydrogens (primary N) is 2. The Morgan fingerprint density at radius 3 is 2.25 bits per heavy atom. The van der Waals surface area contributed by atoms with Crippen LogP contribution in [0, 0.1) is 6.92 Å². The third-order valence-corrected chi connectivity index (χ3v) is 3.98. The van der Waals surface area contributed by atoms with Crippen LogP contribution in [0.4, 0.5) is 17.1 Å². The van der Waals surface area contributed by atoms with E-state index in [2.05, 4.69) is 5.38 Å². The van der Waals surface area contributed by atoms with Crippen LogP contribution in [0.2, 0.25) is 0 Å². The molecule has 0 spiro atoms. The van der Waals surface area contributed by atoms with Gasteiger partial charge in [0.15, 0.2) is 5.11 Å². The van der Waals surface area contributed by atoms with Gasteiger partial charge in [0, 0.05) is 16.1 Å². The molecule has 2 heterocycles. The predicted octanol–water partition coefficient (Wildman–Crippen LogP) is 3.08. The molecule has 16 heavy (non-hydrogen) atoms. The van der Waals surface area contributed by atoms with Crippen molar-refractivity contribution < 1.29 is 0 Å². The largest absolute Gasteiger partial charge is 0.396 e. The summed E-state index contributed by atoms with van der Waals surface area (Å²) in [5.41, 5.74) is 15.4. The fraction of sp³-hybridized carbons (Fsp3) is 0.100. The first-order chi connectivity index (χ1) is 7.61. The zero-order chi connectivity index (χ0) is 11.7. The lowest BCUT2D eigenvalue weighted by Crippen LogP contribution is -2.31. The van der Waals surface area contributed by atoms with E-state index in [0.29, 0.717) is 10.8 Å². The Labute approximate surface area is 107 Å². The number of nitrogens with zero attached hydrogens (tertiary/aromatic N) is 1. The topological polar surface area (TPSA) is 55.3 Å². The van der Waals surface area contributed by atoms with Gasteiger partial charge in [0.05, 0.1) is 17.1 Å². The summed E-state index contributed by atoms with van der Waals surface area (Å²) in [6, 6.07) is 0. The van der Waals surface area contributed by atoms with Gasteiger partial charge in [-0.25, -0.2) is 0 Å². The van der Waals surface area contributed by atoms with Crippen LogP contribution in [0.1, 0.15) is 5.56 Å². The van der Waals surface area contributed by atoms with E-state index in [4.69, 9.17) is 23.7 Å². The molecule has 0 saturated carbocycles. The molecule has 0 aliphatic carbocycles. The van der Waals surface area contributed by atoms with Crippen molar-refractivity contribution in [2.45, 2.75) is 6.92 Å². The van der Waals surface area contributed by atoms with Gasteiger partial charge in [-0.2, -0.15) is 0 Å².